The van der Waals surface area contributed by atoms with E-state index in [0.717, 1.165) is 0 Å². The number of hydrogen-bond donors (Lipinski definition) is 8. The van der Waals surface area contributed by atoms with Gasteiger partial charge in [0.2, 0.25) is 5.79 Å². The van der Waals surface area contributed by atoms with Crippen molar-refractivity contribution < 1.29 is 64.8 Å². The van der Waals surface area contributed by atoms with Gasteiger partial charge in [-0.3, -0.25) is 19.2 Å². The maximum atomic E-state index is 11.2. The van der Waals surface area contributed by atoms with Crippen LogP contribution < -0.4 is 0 Å². The van der Waals surface area contributed by atoms with Crippen molar-refractivity contribution in [2.45, 2.75) is 48.3 Å². The zero-order valence-corrected chi connectivity index (χ0v) is 13.2. The normalized spacial score (nSPS) is 36.6. The molecule has 1 saturated heterocycles. The van der Waals surface area contributed by atoms with Crippen LogP contribution in [0.3, 0.4) is 0 Å². The van der Waals surface area contributed by atoms with Gasteiger partial charge in [-0.05, 0) is 0 Å². The molecule has 13 heteroatoms. The van der Waals surface area contributed by atoms with E-state index >= 15 is 0 Å². The molecule has 1 aliphatic heterocycles. The average molecular weight is 382 g/mol. The molecule has 1 unspecified atom stereocenters. The molecule has 1 heterocycles. The fourth-order valence-electron chi connectivity index (χ4n) is 3.25. The van der Waals surface area contributed by atoms with Crippen LogP contribution in [0.1, 0.15) is 25.7 Å². The molecule has 0 spiro atoms. The van der Waals surface area contributed by atoms with E-state index < -0.39 is 78.8 Å². The number of rotatable bonds is 9. The van der Waals surface area contributed by atoms with E-state index in [-0.39, 0.29) is 0 Å². The molecule has 13 nitrogen and oxygen atoms in total. The van der Waals surface area contributed by atoms with Gasteiger partial charge in [0.15, 0.2) is 5.60 Å². The van der Waals surface area contributed by atoms with Gasteiger partial charge in [-0.2, -0.15) is 0 Å². The summed E-state index contributed by atoms with van der Waals surface area (Å²) in [6.45, 7) is -1.48. The third-order valence-corrected chi connectivity index (χ3v) is 4.35. The van der Waals surface area contributed by atoms with E-state index in [2.05, 4.69) is 0 Å². The van der Waals surface area contributed by atoms with Crippen LogP contribution in [-0.4, -0.2) is 93.9 Å². The Hall–Kier alpha value is -2.32. The minimum atomic E-state index is -3.49. The fourth-order valence-corrected chi connectivity index (χ4v) is 3.25. The second-order valence-corrected chi connectivity index (χ2v) is 6.04. The van der Waals surface area contributed by atoms with Crippen molar-refractivity contribution in [3.8, 4) is 0 Å². The predicted molar refractivity (Wildman–Crippen MR) is 74.8 cm³/mol. The molecule has 0 amide bonds. The minimum absolute atomic E-state index is 1.38. The van der Waals surface area contributed by atoms with Gasteiger partial charge in [-0.25, -0.2) is 0 Å². The van der Waals surface area contributed by atoms with E-state index in [9.17, 15) is 39.6 Å². The van der Waals surface area contributed by atoms with Gasteiger partial charge in [0.25, 0.3) is 0 Å². The first kappa shape index (κ1) is 21.7. The summed E-state index contributed by atoms with van der Waals surface area (Å²) in [5, 5.41) is 77.6. The second kappa shape index (κ2) is 6.77. The Labute approximate surface area is 144 Å². The van der Waals surface area contributed by atoms with Crippen LogP contribution in [0, 0.1) is 0 Å². The SMILES string of the molecule is O=C(O)CC1(O)O[C@@](CO)(CC(=O)O)[C@](O)(CC(=O)O)[C@]1(O)CC(=O)O. The summed E-state index contributed by atoms with van der Waals surface area (Å²) in [4.78, 5) is 44.4. The number of carboxylic acid groups (broad SMARTS) is 4. The highest BCUT2D eigenvalue weighted by atomic mass is 16.7. The smallest absolute Gasteiger partial charge is 0.308 e. The standard InChI is InChI=1S/C13H18O13/c14-5-10(1-6(15)16)11(23,2-7(17)18)12(24,3-8(19)20)13(25,26-10)4-9(21)22/h14,23-25H,1-5H2,(H,15,16)(H,17,18)(H,19,20)(H,21,22)/t10-,11-,12-,13?/m1/s1. The minimum Gasteiger partial charge on any atom is -0.481 e. The molecule has 4 atom stereocenters. The molecule has 1 aliphatic rings. The highest BCUT2D eigenvalue weighted by Crippen LogP contribution is 2.57. The van der Waals surface area contributed by atoms with Gasteiger partial charge < -0.3 is 45.6 Å². The Kier molecular flexibility index (Phi) is 5.66. The molecule has 0 aromatic carbocycles. The average Bonchev–Trinajstić information content (AvgIpc) is 2.53. The number of carboxylic acids is 4. The quantitative estimate of drug-likeness (QED) is 0.196. The summed E-state index contributed by atoms with van der Waals surface area (Å²) in [5.74, 6) is -10.8. The Balaban J connectivity index is 3.78. The summed E-state index contributed by atoms with van der Waals surface area (Å²) < 4.78 is 4.86. The lowest BCUT2D eigenvalue weighted by Gasteiger charge is -2.44. The van der Waals surface area contributed by atoms with Crippen LogP contribution in [0.5, 0.6) is 0 Å². The van der Waals surface area contributed by atoms with Crippen molar-refractivity contribution in [3.05, 3.63) is 0 Å². The molecule has 0 saturated carbocycles. The topological polar surface area (TPSA) is 239 Å². The van der Waals surface area contributed by atoms with Crippen LogP contribution in [0.15, 0.2) is 0 Å². The highest BCUT2D eigenvalue weighted by molar-refractivity contribution is 5.75. The zero-order chi connectivity index (χ0) is 20.6. The van der Waals surface area contributed by atoms with Crippen molar-refractivity contribution in [2.75, 3.05) is 6.61 Å². The lowest BCUT2D eigenvalue weighted by molar-refractivity contribution is -0.286. The number of aliphatic hydroxyl groups is 4. The first-order valence-corrected chi connectivity index (χ1v) is 7.04. The predicted octanol–water partition coefficient (Wildman–Crippen LogP) is -3.20. The van der Waals surface area contributed by atoms with Crippen molar-refractivity contribution in [2.24, 2.45) is 0 Å². The Morgan fingerprint density at radius 3 is 1.38 bits per heavy atom. The van der Waals surface area contributed by atoms with E-state index in [1.165, 1.54) is 0 Å². The molecule has 0 radical (unpaired) electrons. The summed E-state index contributed by atoms with van der Waals surface area (Å²) in [7, 11) is 0. The van der Waals surface area contributed by atoms with E-state index in [1.807, 2.05) is 0 Å². The fraction of sp³-hybridized carbons (Fsp3) is 0.692. The van der Waals surface area contributed by atoms with Gasteiger partial charge in [0.05, 0.1) is 25.9 Å². The molecule has 0 bridgehead atoms. The largest absolute Gasteiger partial charge is 0.481 e. The summed E-state index contributed by atoms with van der Waals surface area (Å²) >= 11 is 0. The second-order valence-electron chi connectivity index (χ2n) is 6.04. The lowest BCUT2D eigenvalue weighted by atomic mass is 9.66. The Morgan fingerprint density at radius 1 is 0.654 bits per heavy atom. The Morgan fingerprint density at radius 2 is 1.04 bits per heavy atom. The Bertz CT molecular complexity index is 632. The van der Waals surface area contributed by atoms with Gasteiger partial charge >= 0.3 is 23.9 Å². The monoisotopic (exact) mass is 382 g/mol. The molecular weight excluding hydrogens is 364 g/mol. The van der Waals surface area contributed by atoms with Gasteiger partial charge in [0.1, 0.15) is 17.6 Å². The van der Waals surface area contributed by atoms with Crippen LogP contribution in [-0.2, 0) is 23.9 Å². The third-order valence-electron chi connectivity index (χ3n) is 4.35. The van der Waals surface area contributed by atoms with Gasteiger partial charge in [-0.1, -0.05) is 0 Å². The van der Waals surface area contributed by atoms with Crippen molar-refractivity contribution in [1.29, 1.82) is 0 Å². The number of aliphatic carboxylic acids is 4. The van der Waals surface area contributed by atoms with E-state index in [4.69, 9.17) is 25.2 Å². The molecule has 26 heavy (non-hydrogen) atoms. The molecule has 148 valence electrons. The first-order chi connectivity index (χ1) is 11.7. The van der Waals surface area contributed by atoms with Gasteiger partial charge in [0, 0.05) is 0 Å². The van der Waals surface area contributed by atoms with Crippen LogP contribution >= 0.6 is 0 Å². The highest BCUT2D eigenvalue weighted by Gasteiger charge is 2.80. The summed E-state index contributed by atoms with van der Waals surface area (Å²) in [5.41, 5.74) is -9.77. The third kappa shape index (κ3) is 3.22. The summed E-state index contributed by atoms with van der Waals surface area (Å²) in [6.07, 6.45) is -6.09. The lowest BCUT2D eigenvalue weighted by Crippen LogP contribution is -2.69. The molecule has 8 N–H and O–H groups in total. The molecular formula is C13H18O13. The first-order valence-electron chi connectivity index (χ1n) is 7.04. The molecule has 0 aromatic rings. The number of aliphatic hydroxyl groups excluding tert-OH is 1. The number of carbonyl (C=O) groups is 4. The van der Waals surface area contributed by atoms with Crippen LogP contribution in [0.2, 0.25) is 0 Å². The van der Waals surface area contributed by atoms with Crippen LogP contribution in [0.25, 0.3) is 0 Å². The zero-order valence-electron chi connectivity index (χ0n) is 13.2. The molecule has 1 fully saturated rings. The molecule has 0 aromatic heterocycles. The van der Waals surface area contributed by atoms with Crippen LogP contribution in [0.4, 0.5) is 0 Å². The maximum Gasteiger partial charge on any atom is 0.308 e. The van der Waals surface area contributed by atoms with Crippen molar-refractivity contribution in [3.63, 3.8) is 0 Å². The summed E-state index contributed by atoms with van der Waals surface area (Å²) in [6, 6.07) is 0. The molecule has 1 rings (SSSR count). The van der Waals surface area contributed by atoms with Gasteiger partial charge in [-0.15, -0.1) is 0 Å². The maximum absolute atomic E-state index is 11.2. The van der Waals surface area contributed by atoms with E-state index in [1.54, 1.807) is 0 Å². The van der Waals surface area contributed by atoms with Crippen molar-refractivity contribution in [1.82, 2.24) is 0 Å². The number of ether oxygens (including phenoxy) is 1. The number of hydrogen-bond acceptors (Lipinski definition) is 9. The molecule has 0 aliphatic carbocycles. The van der Waals surface area contributed by atoms with E-state index in [0.29, 0.717) is 0 Å². The van der Waals surface area contributed by atoms with Crippen molar-refractivity contribution >= 4 is 23.9 Å².